The van der Waals surface area contributed by atoms with E-state index in [1.54, 1.807) is 36.4 Å². The van der Waals surface area contributed by atoms with Gasteiger partial charge in [-0.3, -0.25) is 9.78 Å². The number of phenols is 1. The molecule has 0 bridgehead atoms. The average molecular weight is 478 g/mol. The van der Waals surface area contributed by atoms with Crippen molar-refractivity contribution >= 4 is 28.1 Å². The number of phenolic OH excluding ortho intramolecular Hbond substituents is 1. The van der Waals surface area contributed by atoms with E-state index in [0.717, 1.165) is 12.3 Å². The van der Waals surface area contributed by atoms with Crippen LogP contribution in [0.2, 0.25) is 0 Å². The minimum absolute atomic E-state index is 0.0883. The molecule has 3 aromatic rings. The quantitative estimate of drug-likeness (QED) is 0.384. The van der Waals surface area contributed by atoms with Gasteiger partial charge in [-0.05, 0) is 12.1 Å². The molecule has 0 fully saturated rings. The number of alkyl halides is 3. The Morgan fingerprint density at radius 3 is 2.60 bits per heavy atom. The summed E-state index contributed by atoms with van der Waals surface area (Å²) in [6.45, 7) is 0. The monoisotopic (exact) mass is 477 g/mol. The number of halogens is 4. The summed E-state index contributed by atoms with van der Waals surface area (Å²) in [5, 5.41) is 22.9. The third-order valence-corrected chi connectivity index (χ3v) is 4.32. The van der Waals surface area contributed by atoms with Gasteiger partial charge in [0.1, 0.15) is 17.4 Å². The van der Waals surface area contributed by atoms with Crippen molar-refractivity contribution in [2.75, 3.05) is 5.43 Å². The van der Waals surface area contributed by atoms with E-state index in [0.29, 0.717) is 5.56 Å². The molecule has 2 aromatic carbocycles. The van der Waals surface area contributed by atoms with Crippen molar-refractivity contribution in [2.24, 2.45) is 5.10 Å². The number of hydrazone groups is 1. The number of H-pyrrole nitrogens is 1. The second kappa shape index (κ2) is 8.38. The largest absolute Gasteiger partial charge is 0.507 e. The van der Waals surface area contributed by atoms with E-state index in [9.17, 15) is 28.3 Å². The van der Waals surface area contributed by atoms with Crippen molar-refractivity contribution in [3.05, 3.63) is 74.0 Å². The van der Waals surface area contributed by atoms with E-state index in [4.69, 9.17) is 0 Å². The first-order valence-electron chi connectivity index (χ1n) is 8.19. The lowest BCUT2D eigenvalue weighted by atomic mass is 10.1. The third kappa shape index (κ3) is 4.49. The smallest absolute Gasteiger partial charge is 0.420 e. The molecular formula is C19H11BrF3N5O2. The zero-order valence-electron chi connectivity index (χ0n) is 14.8. The van der Waals surface area contributed by atoms with Crippen LogP contribution in [0.1, 0.15) is 16.7 Å². The SMILES string of the molecule is N#Cc1c(-c2ccccc2)nc(NN=Cc2cc(Br)cc(C(F)(F)F)c2O)[nH]c1=O. The van der Waals surface area contributed by atoms with Crippen LogP contribution in [0.3, 0.4) is 0 Å². The number of aromatic amines is 1. The zero-order valence-corrected chi connectivity index (χ0v) is 16.4. The number of aromatic nitrogens is 2. The van der Waals surface area contributed by atoms with Gasteiger partial charge in [0.25, 0.3) is 5.56 Å². The summed E-state index contributed by atoms with van der Waals surface area (Å²) in [4.78, 5) is 18.6. The lowest BCUT2D eigenvalue weighted by Gasteiger charge is -2.11. The Balaban J connectivity index is 1.95. The number of nitrogens with one attached hydrogen (secondary N) is 2. The average Bonchev–Trinajstić information content (AvgIpc) is 2.69. The van der Waals surface area contributed by atoms with Crippen LogP contribution in [0.4, 0.5) is 19.1 Å². The van der Waals surface area contributed by atoms with Gasteiger partial charge < -0.3 is 5.11 Å². The Morgan fingerprint density at radius 2 is 1.97 bits per heavy atom. The van der Waals surface area contributed by atoms with Gasteiger partial charge in [-0.2, -0.15) is 23.5 Å². The second-order valence-electron chi connectivity index (χ2n) is 5.87. The molecule has 0 atom stereocenters. The molecule has 1 heterocycles. The van der Waals surface area contributed by atoms with Gasteiger partial charge in [0.05, 0.1) is 17.5 Å². The van der Waals surface area contributed by atoms with E-state index < -0.39 is 23.0 Å². The molecule has 0 amide bonds. The first kappa shape index (κ1) is 21.1. The van der Waals surface area contributed by atoms with Crippen LogP contribution in [0, 0.1) is 11.3 Å². The number of aromatic hydroxyl groups is 1. The number of nitrogens with zero attached hydrogens (tertiary/aromatic N) is 3. The van der Waals surface area contributed by atoms with E-state index in [1.165, 1.54) is 6.07 Å². The summed E-state index contributed by atoms with van der Waals surface area (Å²) < 4.78 is 39.1. The van der Waals surface area contributed by atoms with Crippen molar-refractivity contribution in [2.45, 2.75) is 6.18 Å². The molecule has 0 aliphatic rings. The highest BCUT2D eigenvalue weighted by Crippen LogP contribution is 2.39. The Bertz CT molecular complexity index is 1220. The fourth-order valence-electron chi connectivity index (χ4n) is 2.53. The maximum absolute atomic E-state index is 13.0. The van der Waals surface area contributed by atoms with Gasteiger partial charge in [-0.25, -0.2) is 10.4 Å². The minimum Gasteiger partial charge on any atom is -0.507 e. The predicted molar refractivity (Wildman–Crippen MR) is 107 cm³/mol. The number of nitriles is 1. The maximum atomic E-state index is 13.0. The summed E-state index contributed by atoms with van der Waals surface area (Å²) in [5.74, 6) is -1.14. The summed E-state index contributed by atoms with van der Waals surface area (Å²) in [6.07, 6.45) is -3.82. The van der Waals surface area contributed by atoms with Gasteiger partial charge in [0.15, 0.2) is 0 Å². The van der Waals surface area contributed by atoms with Gasteiger partial charge >= 0.3 is 6.18 Å². The number of benzene rings is 2. The molecule has 0 aliphatic heterocycles. The van der Waals surface area contributed by atoms with Crippen molar-refractivity contribution in [1.82, 2.24) is 9.97 Å². The fraction of sp³-hybridized carbons (Fsp3) is 0.0526. The van der Waals surface area contributed by atoms with E-state index >= 15 is 0 Å². The predicted octanol–water partition coefficient (Wildman–Crippen LogP) is 4.24. The van der Waals surface area contributed by atoms with Gasteiger partial charge in [0.2, 0.25) is 5.95 Å². The molecule has 0 aliphatic carbocycles. The van der Waals surface area contributed by atoms with Crippen LogP contribution in [0.25, 0.3) is 11.3 Å². The molecule has 152 valence electrons. The van der Waals surface area contributed by atoms with Gasteiger partial charge in [-0.15, -0.1) is 0 Å². The number of hydrogen-bond donors (Lipinski definition) is 3. The summed E-state index contributed by atoms with van der Waals surface area (Å²) in [6, 6.07) is 12.3. The lowest BCUT2D eigenvalue weighted by molar-refractivity contribution is -0.138. The first-order valence-corrected chi connectivity index (χ1v) is 8.98. The molecule has 0 radical (unpaired) electrons. The molecule has 0 saturated heterocycles. The van der Waals surface area contributed by atoms with Crippen LogP contribution < -0.4 is 11.0 Å². The van der Waals surface area contributed by atoms with E-state index in [-0.39, 0.29) is 27.2 Å². The Labute approximate surface area is 175 Å². The number of rotatable bonds is 4. The van der Waals surface area contributed by atoms with Crippen molar-refractivity contribution in [3.8, 4) is 23.1 Å². The van der Waals surface area contributed by atoms with Crippen molar-refractivity contribution in [3.63, 3.8) is 0 Å². The zero-order chi connectivity index (χ0) is 21.9. The van der Waals surface area contributed by atoms with Crippen LogP contribution in [-0.2, 0) is 6.18 Å². The fourth-order valence-corrected chi connectivity index (χ4v) is 3.01. The number of hydrogen-bond acceptors (Lipinski definition) is 6. The maximum Gasteiger partial charge on any atom is 0.420 e. The molecule has 1 aromatic heterocycles. The van der Waals surface area contributed by atoms with Crippen molar-refractivity contribution in [1.29, 1.82) is 5.26 Å². The minimum atomic E-state index is -4.76. The highest BCUT2D eigenvalue weighted by molar-refractivity contribution is 9.10. The second-order valence-corrected chi connectivity index (χ2v) is 6.79. The molecule has 7 nitrogen and oxygen atoms in total. The molecule has 3 N–H and O–H groups in total. The Morgan fingerprint density at radius 1 is 1.27 bits per heavy atom. The molecule has 0 spiro atoms. The third-order valence-electron chi connectivity index (χ3n) is 3.86. The highest BCUT2D eigenvalue weighted by atomic mass is 79.9. The molecule has 11 heteroatoms. The van der Waals surface area contributed by atoms with Crippen molar-refractivity contribution < 1.29 is 18.3 Å². The lowest BCUT2D eigenvalue weighted by Crippen LogP contribution is -2.16. The van der Waals surface area contributed by atoms with Crippen LogP contribution in [-0.4, -0.2) is 21.3 Å². The Hall–Kier alpha value is -3.65. The molecular weight excluding hydrogens is 467 g/mol. The van der Waals surface area contributed by atoms with Crippen LogP contribution in [0.15, 0.2) is 56.8 Å². The molecule has 30 heavy (non-hydrogen) atoms. The van der Waals surface area contributed by atoms with E-state index in [2.05, 4.69) is 36.4 Å². The van der Waals surface area contributed by atoms with Gasteiger partial charge in [0, 0.05) is 15.6 Å². The molecule has 0 unspecified atom stereocenters. The van der Waals surface area contributed by atoms with Gasteiger partial charge in [-0.1, -0.05) is 46.3 Å². The summed E-state index contributed by atoms with van der Waals surface area (Å²) >= 11 is 2.95. The molecule has 3 rings (SSSR count). The number of anilines is 1. The standard InChI is InChI=1S/C19H11BrF3N5O2/c20-12-6-11(16(29)14(7-12)19(21,22)23)9-25-28-18-26-15(10-4-2-1-3-5-10)13(8-24)17(30)27-18/h1-7,9,29H,(H2,26,27,28,30). The Kier molecular flexibility index (Phi) is 5.89. The molecule has 0 saturated carbocycles. The van der Waals surface area contributed by atoms with E-state index in [1.807, 2.05) is 0 Å². The normalized spacial score (nSPS) is 11.4. The summed E-state index contributed by atoms with van der Waals surface area (Å²) in [5.41, 5.74) is 0.662. The summed E-state index contributed by atoms with van der Waals surface area (Å²) in [7, 11) is 0. The van der Waals surface area contributed by atoms with Crippen LogP contribution >= 0.6 is 15.9 Å². The van der Waals surface area contributed by atoms with Crippen LogP contribution in [0.5, 0.6) is 5.75 Å². The first-order chi connectivity index (χ1) is 14.2. The topological polar surface area (TPSA) is 114 Å². The highest BCUT2D eigenvalue weighted by Gasteiger charge is 2.35.